The Morgan fingerprint density at radius 3 is 1.32 bits per heavy atom. The van der Waals surface area contributed by atoms with Gasteiger partial charge in [-0.1, -0.05) is 78.9 Å². The van der Waals surface area contributed by atoms with Crippen molar-refractivity contribution in [1.29, 1.82) is 0 Å². The Morgan fingerprint density at radius 1 is 0.432 bits per heavy atom. The fourth-order valence-corrected chi connectivity index (χ4v) is 6.47. The molecule has 3 heterocycles. The van der Waals surface area contributed by atoms with Gasteiger partial charge in [-0.15, -0.1) is 10.2 Å². The number of phenols is 1. The summed E-state index contributed by atoms with van der Waals surface area (Å²) < 4.78 is 10.9. The molecule has 3 aromatic heterocycles. The number of nitrogens with zero attached hydrogens (tertiary/aromatic N) is 4. The quantitative estimate of drug-likeness (QED) is 0.230. The molecule has 0 aliphatic heterocycles. The van der Waals surface area contributed by atoms with Crippen LogP contribution in [0.2, 0.25) is 0 Å². The van der Waals surface area contributed by atoms with Crippen molar-refractivity contribution >= 4 is 43.6 Å². The summed E-state index contributed by atoms with van der Waals surface area (Å²) in [5, 5.41) is 23.6. The molecule has 208 valence electrons. The van der Waals surface area contributed by atoms with Gasteiger partial charge >= 0.3 is 0 Å². The summed E-state index contributed by atoms with van der Waals surface area (Å²) in [7, 11) is 0. The van der Waals surface area contributed by atoms with E-state index in [0.717, 1.165) is 39.0 Å². The van der Waals surface area contributed by atoms with Gasteiger partial charge in [-0.2, -0.15) is 0 Å². The van der Waals surface area contributed by atoms with E-state index in [2.05, 4.69) is 135 Å². The molecular formula is C38H24N4O2. The monoisotopic (exact) mass is 568 g/mol. The van der Waals surface area contributed by atoms with Crippen LogP contribution in [-0.4, -0.2) is 24.4 Å². The fraction of sp³-hybridized carbons (Fsp3) is 0. The number of fused-ring (bicyclic) bond motifs is 6. The Balaban J connectivity index is 1.35. The predicted molar refractivity (Wildman–Crippen MR) is 176 cm³/mol. The van der Waals surface area contributed by atoms with Crippen LogP contribution >= 0.6 is 0 Å². The number of aromatic hydroxyl groups is 1. The van der Waals surface area contributed by atoms with E-state index in [-0.39, 0.29) is 5.75 Å². The molecule has 0 aliphatic rings. The molecule has 0 bridgehead atoms. The van der Waals surface area contributed by atoms with Crippen molar-refractivity contribution < 1.29 is 9.52 Å². The Bertz CT molecular complexity index is 2300. The summed E-state index contributed by atoms with van der Waals surface area (Å²) in [6, 6.07) is 47.3. The first-order valence-electron chi connectivity index (χ1n) is 14.5. The van der Waals surface area contributed by atoms with Crippen molar-refractivity contribution in [1.82, 2.24) is 19.3 Å². The first-order chi connectivity index (χ1) is 21.7. The van der Waals surface area contributed by atoms with Crippen LogP contribution in [0, 0.1) is 0 Å². The lowest BCUT2D eigenvalue weighted by molar-refractivity contribution is 0.475. The number of benzene rings is 6. The third-order valence-electron chi connectivity index (χ3n) is 8.34. The molecule has 9 aromatic rings. The molecule has 9 rings (SSSR count). The lowest BCUT2D eigenvalue weighted by Crippen LogP contribution is -2.00. The summed E-state index contributed by atoms with van der Waals surface area (Å²) in [5.41, 5.74) is 7.87. The normalized spacial score (nSPS) is 11.7. The van der Waals surface area contributed by atoms with Gasteiger partial charge in [0.25, 0.3) is 0 Å². The molecule has 44 heavy (non-hydrogen) atoms. The van der Waals surface area contributed by atoms with Crippen LogP contribution in [0.1, 0.15) is 0 Å². The number of rotatable bonds is 4. The van der Waals surface area contributed by atoms with E-state index in [0.29, 0.717) is 17.3 Å². The molecule has 0 amide bonds. The number of para-hydroxylation sites is 4. The van der Waals surface area contributed by atoms with Crippen LogP contribution in [0.4, 0.5) is 0 Å². The Morgan fingerprint density at radius 2 is 0.864 bits per heavy atom. The smallest absolute Gasteiger partial charge is 0.248 e. The topological polar surface area (TPSA) is 69.0 Å². The van der Waals surface area contributed by atoms with Gasteiger partial charge in [0, 0.05) is 44.0 Å². The summed E-state index contributed by atoms with van der Waals surface area (Å²) in [5.74, 6) is 0.883. The lowest BCUT2D eigenvalue weighted by Gasteiger charge is -2.14. The zero-order valence-electron chi connectivity index (χ0n) is 23.4. The summed E-state index contributed by atoms with van der Waals surface area (Å²) in [6.45, 7) is 0. The van der Waals surface area contributed by atoms with Crippen molar-refractivity contribution in [2.24, 2.45) is 0 Å². The molecule has 6 heteroatoms. The molecule has 0 fully saturated rings. The van der Waals surface area contributed by atoms with Gasteiger partial charge in [-0.05, 0) is 60.7 Å². The van der Waals surface area contributed by atoms with Gasteiger partial charge in [0.1, 0.15) is 5.75 Å². The van der Waals surface area contributed by atoms with E-state index in [9.17, 15) is 5.11 Å². The van der Waals surface area contributed by atoms with Crippen LogP contribution in [0.25, 0.3) is 77.9 Å². The molecule has 0 spiro atoms. The molecular weight excluding hydrogens is 544 g/mol. The molecule has 1 N–H and O–H groups in total. The second-order valence-electron chi connectivity index (χ2n) is 10.9. The van der Waals surface area contributed by atoms with E-state index in [1.807, 2.05) is 6.07 Å². The highest BCUT2D eigenvalue weighted by atomic mass is 16.4. The number of phenolic OH excluding ortho intramolecular Hbond substituents is 1. The van der Waals surface area contributed by atoms with Crippen LogP contribution < -0.4 is 0 Å². The predicted octanol–water partition coefficient (Wildman–Crippen LogP) is 9.30. The van der Waals surface area contributed by atoms with Gasteiger partial charge in [-0.25, -0.2) is 0 Å². The van der Waals surface area contributed by atoms with Crippen LogP contribution in [0.15, 0.2) is 144 Å². The molecule has 6 nitrogen and oxygen atoms in total. The van der Waals surface area contributed by atoms with E-state index >= 15 is 0 Å². The second kappa shape index (κ2) is 9.44. The number of hydrogen-bond donors (Lipinski definition) is 1. The molecule has 0 unspecified atom stereocenters. The highest BCUT2D eigenvalue weighted by Crippen LogP contribution is 2.38. The zero-order chi connectivity index (χ0) is 29.2. The Hall–Kier alpha value is -6.14. The standard InChI is InChI=1S/C38H24N4O2/c43-28-11-9-10-24(22-28)37-39-40-38(44-37)25-20-26(41-33-16-5-1-12-29(33)30-13-2-6-17-34(30)41)23-27(21-25)42-35-18-7-3-14-31(35)32-15-4-8-19-36(32)42/h1-23,43H. The van der Waals surface area contributed by atoms with Crippen molar-refractivity contribution in [2.45, 2.75) is 0 Å². The first kappa shape index (κ1) is 24.5. The average Bonchev–Trinajstić information content (AvgIpc) is 3.78. The summed E-state index contributed by atoms with van der Waals surface area (Å²) in [4.78, 5) is 0. The van der Waals surface area contributed by atoms with Gasteiger partial charge in [-0.3, -0.25) is 0 Å². The van der Waals surface area contributed by atoms with Gasteiger partial charge in [0.05, 0.1) is 22.1 Å². The SMILES string of the molecule is Oc1cccc(-c2nnc(-c3cc(-n4c5ccccc5c5ccccc54)cc(-n4c5ccccc5c5ccccc54)c3)o2)c1. The molecule has 0 saturated heterocycles. The van der Waals surface area contributed by atoms with Crippen molar-refractivity contribution in [3.8, 4) is 40.0 Å². The largest absolute Gasteiger partial charge is 0.508 e. The minimum atomic E-state index is 0.143. The van der Waals surface area contributed by atoms with E-state index in [1.165, 1.54) is 21.5 Å². The highest BCUT2D eigenvalue weighted by Gasteiger charge is 2.19. The molecule has 0 aliphatic carbocycles. The molecule has 0 radical (unpaired) electrons. The minimum Gasteiger partial charge on any atom is -0.508 e. The average molecular weight is 569 g/mol. The van der Waals surface area contributed by atoms with Gasteiger partial charge in [0.2, 0.25) is 11.8 Å². The van der Waals surface area contributed by atoms with Crippen molar-refractivity contribution in [3.63, 3.8) is 0 Å². The maximum atomic E-state index is 10.0. The highest BCUT2D eigenvalue weighted by molar-refractivity contribution is 6.10. The Labute approximate surface area is 251 Å². The van der Waals surface area contributed by atoms with E-state index in [4.69, 9.17) is 4.42 Å². The molecule has 0 atom stereocenters. The maximum absolute atomic E-state index is 10.0. The van der Waals surface area contributed by atoms with E-state index < -0.39 is 0 Å². The third-order valence-corrected chi connectivity index (χ3v) is 8.34. The van der Waals surface area contributed by atoms with Crippen LogP contribution in [-0.2, 0) is 0 Å². The minimum absolute atomic E-state index is 0.143. The van der Waals surface area contributed by atoms with Crippen LogP contribution in [0.3, 0.4) is 0 Å². The van der Waals surface area contributed by atoms with E-state index in [1.54, 1.807) is 18.2 Å². The third kappa shape index (κ3) is 3.68. The molecule has 0 saturated carbocycles. The molecule has 6 aromatic carbocycles. The number of hydrogen-bond acceptors (Lipinski definition) is 4. The summed E-state index contributed by atoms with van der Waals surface area (Å²) >= 11 is 0. The Kier molecular flexibility index (Phi) is 5.25. The van der Waals surface area contributed by atoms with Crippen molar-refractivity contribution in [2.75, 3.05) is 0 Å². The lowest BCUT2D eigenvalue weighted by atomic mass is 10.1. The maximum Gasteiger partial charge on any atom is 0.248 e. The van der Waals surface area contributed by atoms with Gasteiger partial charge < -0.3 is 18.7 Å². The number of aromatic nitrogens is 4. The first-order valence-corrected chi connectivity index (χ1v) is 14.5. The second-order valence-corrected chi connectivity index (χ2v) is 10.9. The van der Waals surface area contributed by atoms with Crippen LogP contribution in [0.5, 0.6) is 5.75 Å². The fourth-order valence-electron chi connectivity index (χ4n) is 6.47. The van der Waals surface area contributed by atoms with Crippen molar-refractivity contribution in [3.05, 3.63) is 140 Å². The zero-order valence-corrected chi connectivity index (χ0v) is 23.4. The van der Waals surface area contributed by atoms with Gasteiger partial charge in [0.15, 0.2) is 0 Å². The summed E-state index contributed by atoms with van der Waals surface area (Å²) in [6.07, 6.45) is 0.